The molecule has 170 valence electrons. The monoisotopic (exact) mass is 448 g/mol. The van der Waals surface area contributed by atoms with Crippen molar-refractivity contribution >= 4 is 11.9 Å². The topological polar surface area (TPSA) is 82.2 Å². The predicted octanol–water partition coefficient (Wildman–Crippen LogP) is 5.40. The zero-order valence-corrected chi connectivity index (χ0v) is 18.5. The zero-order valence-electron chi connectivity index (χ0n) is 18.5. The van der Waals surface area contributed by atoms with Crippen LogP contribution in [0.25, 0.3) is 0 Å². The summed E-state index contributed by atoms with van der Waals surface area (Å²) in [4.78, 5) is 16.5. The number of amides is 1. The third-order valence-electron chi connectivity index (χ3n) is 5.32. The first-order chi connectivity index (χ1) is 16.0. The first kappa shape index (κ1) is 22.3. The molecule has 1 atom stereocenters. The number of rotatable bonds is 9. The Balaban J connectivity index is 1.30. The van der Waals surface area contributed by atoms with Gasteiger partial charge in [0, 0.05) is 0 Å². The highest BCUT2D eigenvalue weighted by Crippen LogP contribution is 2.22. The number of hydrogen-bond donors (Lipinski definition) is 1. The standard InChI is InChI=1S/C25H25FN4O3/c1-3-17(2)19-7-9-21(10-8-19)32-15-22-11-12-23(33-22)24(31)28-25-27-16-30(29-25)14-18-5-4-6-20(26)13-18/h4-13,16-17H,3,14-15H2,1-2H3,(H,28,29,31). The fourth-order valence-electron chi connectivity index (χ4n) is 3.27. The molecule has 1 unspecified atom stereocenters. The van der Waals surface area contributed by atoms with Crippen molar-refractivity contribution in [1.82, 2.24) is 14.8 Å². The van der Waals surface area contributed by atoms with E-state index < -0.39 is 5.91 Å². The van der Waals surface area contributed by atoms with Crippen molar-refractivity contribution in [3.05, 3.63) is 95.5 Å². The second kappa shape index (κ2) is 10.1. The Labute approximate surface area is 191 Å². The van der Waals surface area contributed by atoms with E-state index in [1.54, 1.807) is 24.3 Å². The van der Waals surface area contributed by atoms with Crippen LogP contribution in [0.1, 0.15) is 53.6 Å². The van der Waals surface area contributed by atoms with Gasteiger partial charge >= 0.3 is 0 Å². The number of hydrogen-bond acceptors (Lipinski definition) is 5. The van der Waals surface area contributed by atoms with Crippen LogP contribution in [-0.4, -0.2) is 20.7 Å². The van der Waals surface area contributed by atoms with Crippen molar-refractivity contribution in [3.63, 3.8) is 0 Å². The number of aromatic nitrogens is 3. The summed E-state index contributed by atoms with van der Waals surface area (Å²) in [7, 11) is 0. The summed E-state index contributed by atoms with van der Waals surface area (Å²) < 4.78 is 26.2. The lowest BCUT2D eigenvalue weighted by Crippen LogP contribution is -2.12. The van der Waals surface area contributed by atoms with Crippen LogP contribution in [0, 0.1) is 5.82 Å². The van der Waals surface area contributed by atoms with Gasteiger partial charge < -0.3 is 9.15 Å². The molecule has 0 aliphatic heterocycles. The van der Waals surface area contributed by atoms with E-state index in [1.165, 1.54) is 28.7 Å². The summed E-state index contributed by atoms with van der Waals surface area (Å²) in [6.07, 6.45) is 2.55. The summed E-state index contributed by atoms with van der Waals surface area (Å²) in [5.41, 5.74) is 2.01. The lowest BCUT2D eigenvalue weighted by molar-refractivity contribution is 0.0991. The van der Waals surface area contributed by atoms with E-state index in [0.717, 1.165) is 17.7 Å². The van der Waals surface area contributed by atoms with Crippen LogP contribution < -0.4 is 10.1 Å². The first-order valence-corrected chi connectivity index (χ1v) is 10.8. The van der Waals surface area contributed by atoms with Gasteiger partial charge in [-0.2, -0.15) is 0 Å². The first-order valence-electron chi connectivity index (χ1n) is 10.8. The van der Waals surface area contributed by atoms with Gasteiger partial charge in [0.15, 0.2) is 5.76 Å². The number of anilines is 1. The molecule has 1 N–H and O–H groups in total. The smallest absolute Gasteiger partial charge is 0.293 e. The molecule has 1 amide bonds. The normalized spacial score (nSPS) is 11.8. The molecule has 0 bridgehead atoms. The molecule has 0 radical (unpaired) electrons. The van der Waals surface area contributed by atoms with Gasteiger partial charge in [-0.15, -0.1) is 5.10 Å². The van der Waals surface area contributed by atoms with Crippen LogP contribution in [0.2, 0.25) is 0 Å². The molecule has 0 aliphatic rings. The molecule has 2 aromatic carbocycles. The lowest BCUT2D eigenvalue weighted by atomic mass is 9.99. The zero-order chi connectivity index (χ0) is 23.2. The summed E-state index contributed by atoms with van der Waals surface area (Å²) in [6, 6.07) is 17.5. The van der Waals surface area contributed by atoms with E-state index in [4.69, 9.17) is 9.15 Å². The average Bonchev–Trinajstić information content (AvgIpc) is 3.47. The Morgan fingerprint density at radius 2 is 2.00 bits per heavy atom. The molecular weight excluding hydrogens is 423 g/mol. The van der Waals surface area contributed by atoms with Crippen LogP contribution in [0.3, 0.4) is 0 Å². The highest BCUT2D eigenvalue weighted by atomic mass is 19.1. The number of carbonyl (C=O) groups excluding carboxylic acids is 1. The summed E-state index contributed by atoms with van der Waals surface area (Å²) in [5.74, 6) is 1.24. The predicted molar refractivity (Wildman–Crippen MR) is 122 cm³/mol. The Bertz CT molecular complexity index is 1220. The van der Waals surface area contributed by atoms with E-state index >= 15 is 0 Å². The van der Waals surface area contributed by atoms with E-state index in [1.807, 2.05) is 12.1 Å². The molecule has 0 aliphatic carbocycles. The van der Waals surface area contributed by atoms with Crippen molar-refractivity contribution in [2.24, 2.45) is 0 Å². The van der Waals surface area contributed by atoms with Crippen LogP contribution in [0.4, 0.5) is 10.3 Å². The molecular formula is C25H25FN4O3. The van der Waals surface area contributed by atoms with Crippen LogP contribution in [0.15, 0.2) is 71.4 Å². The van der Waals surface area contributed by atoms with E-state index in [9.17, 15) is 9.18 Å². The second-order valence-electron chi connectivity index (χ2n) is 7.78. The third kappa shape index (κ3) is 5.85. The van der Waals surface area contributed by atoms with Gasteiger partial charge in [0.25, 0.3) is 5.91 Å². The fraction of sp³-hybridized carbons (Fsp3) is 0.240. The molecule has 33 heavy (non-hydrogen) atoms. The molecule has 7 nitrogen and oxygen atoms in total. The Morgan fingerprint density at radius 1 is 1.18 bits per heavy atom. The van der Waals surface area contributed by atoms with Gasteiger partial charge in [0.1, 0.15) is 30.3 Å². The number of halogens is 1. The Hall–Kier alpha value is -3.94. The van der Waals surface area contributed by atoms with Crippen molar-refractivity contribution < 1.29 is 18.3 Å². The second-order valence-corrected chi connectivity index (χ2v) is 7.78. The minimum Gasteiger partial charge on any atom is -0.486 e. The molecule has 8 heteroatoms. The minimum atomic E-state index is -0.470. The molecule has 4 rings (SSSR count). The fourth-order valence-corrected chi connectivity index (χ4v) is 3.27. The van der Waals surface area contributed by atoms with E-state index in [2.05, 4.69) is 41.4 Å². The summed E-state index contributed by atoms with van der Waals surface area (Å²) in [6.45, 7) is 4.89. The van der Waals surface area contributed by atoms with Crippen LogP contribution in [-0.2, 0) is 13.2 Å². The third-order valence-corrected chi connectivity index (χ3v) is 5.32. The number of benzene rings is 2. The molecule has 4 aromatic rings. The van der Waals surface area contributed by atoms with Crippen molar-refractivity contribution in [1.29, 1.82) is 0 Å². The lowest BCUT2D eigenvalue weighted by Gasteiger charge is -2.10. The van der Waals surface area contributed by atoms with Gasteiger partial charge in [-0.05, 0) is 59.9 Å². The molecule has 0 fully saturated rings. The quantitative estimate of drug-likeness (QED) is 0.371. The minimum absolute atomic E-state index is 0.127. The van der Waals surface area contributed by atoms with Gasteiger partial charge in [0.05, 0.1) is 6.54 Å². The molecule has 0 saturated heterocycles. The number of ether oxygens (including phenoxy) is 1. The maximum Gasteiger partial charge on any atom is 0.293 e. The SMILES string of the molecule is CCC(C)c1ccc(OCc2ccc(C(=O)Nc3ncn(Cc4cccc(F)c4)n3)o2)cc1. The largest absolute Gasteiger partial charge is 0.486 e. The van der Waals surface area contributed by atoms with Crippen LogP contribution >= 0.6 is 0 Å². The number of nitrogens with one attached hydrogen (secondary N) is 1. The molecule has 2 heterocycles. The number of furan rings is 1. The molecule has 2 aromatic heterocycles. The highest BCUT2D eigenvalue weighted by molar-refractivity contribution is 6.01. The highest BCUT2D eigenvalue weighted by Gasteiger charge is 2.14. The van der Waals surface area contributed by atoms with E-state index in [-0.39, 0.29) is 24.1 Å². The van der Waals surface area contributed by atoms with Crippen LogP contribution in [0.5, 0.6) is 5.75 Å². The summed E-state index contributed by atoms with van der Waals surface area (Å²) >= 11 is 0. The van der Waals surface area contributed by atoms with Gasteiger partial charge in [0.2, 0.25) is 5.95 Å². The Morgan fingerprint density at radius 3 is 2.76 bits per heavy atom. The summed E-state index contributed by atoms with van der Waals surface area (Å²) in [5, 5.41) is 6.79. The average molecular weight is 448 g/mol. The van der Waals surface area contributed by atoms with Gasteiger partial charge in [-0.3, -0.25) is 10.1 Å². The molecule has 0 spiro atoms. The van der Waals surface area contributed by atoms with E-state index in [0.29, 0.717) is 18.2 Å². The molecule has 0 saturated carbocycles. The van der Waals surface area contributed by atoms with Crippen molar-refractivity contribution in [2.75, 3.05) is 5.32 Å². The van der Waals surface area contributed by atoms with Gasteiger partial charge in [-0.25, -0.2) is 14.1 Å². The number of nitrogens with zero attached hydrogens (tertiary/aromatic N) is 3. The maximum atomic E-state index is 13.3. The van der Waals surface area contributed by atoms with Crippen molar-refractivity contribution in [2.45, 2.75) is 39.3 Å². The van der Waals surface area contributed by atoms with Crippen molar-refractivity contribution in [3.8, 4) is 5.75 Å². The maximum absolute atomic E-state index is 13.3. The van der Waals surface area contributed by atoms with Gasteiger partial charge in [-0.1, -0.05) is 38.1 Å². The number of carbonyl (C=O) groups is 1. The Kier molecular flexibility index (Phi) is 6.83.